The lowest BCUT2D eigenvalue weighted by molar-refractivity contribution is 0.327. The molecular formula is C19H23N. The standard InChI is InChI=1S/C19H23N/c1-3-9-17(10-4-1)19(18-11-5-2-6-12-18)13-16-20-14-7-8-15-20/h1-6,9-12,19H,7-8,13-16H2. The smallest absolute Gasteiger partial charge is 0.0101 e. The summed E-state index contributed by atoms with van der Waals surface area (Å²) in [5.74, 6) is 0.526. The molecule has 0 saturated carbocycles. The van der Waals surface area contributed by atoms with E-state index in [1.807, 2.05) is 0 Å². The predicted octanol–water partition coefficient (Wildman–Crippen LogP) is 4.30. The topological polar surface area (TPSA) is 3.24 Å². The molecule has 0 N–H and O–H groups in total. The summed E-state index contributed by atoms with van der Waals surface area (Å²) in [4.78, 5) is 2.61. The van der Waals surface area contributed by atoms with Gasteiger partial charge in [0.05, 0.1) is 0 Å². The molecule has 104 valence electrons. The van der Waals surface area contributed by atoms with Crippen LogP contribution in [0.3, 0.4) is 0 Å². The molecule has 1 aliphatic heterocycles. The van der Waals surface area contributed by atoms with Gasteiger partial charge < -0.3 is 4.90 Å². The third-order valence-electron chi connectivity index (χ3n) is 4.34. The van der Waals surface area contributed by atoms with E-state index in [-0.39, 0.29) is 0 Å². The van der Waals surface area contributed by atoms with Crippen LogP contribution < -0.4 is 0 Å². The third-order valence-corrected chi connectivity index (χ3v) is 4.34. The monoisotopic (exact) mass is 265 g/mol. The Hall–Kier alpha value is -1.60. The molecule has 0 unspecified atom stereocenters. The molecule has 0 amide bonds. The zero-order chi connectivity index (χ0) is 13.6. The molecule has 0 atom stereocenters. The third kappa shape index (κ3) is 3.29. The Balaban J connectivity index is 1.76. The van der Waals surface area contributed by atoms with E-state index in [0.29, 0.717) is 5.92 Å². The molecule has 1 saturated heterocycles. The van der Waals surface area contributed by atoms with Gasteiger partial charge in [0, 0.05) is 5.92 Å². The van der Waals surface area contributed by atoms with Crippen LogP contribution in [0.4, 0.5) is 0 Å². The fourth-order valence-corrected chi connectivity index (χ4v) is 3.21. The summed E-state index contributed by atoms with van der Waals surface area (Å²) >= 11 is 0. The first kappa shape index (κ1) is 13.4. The van der Waals surface area contributed by atoms with Crippen molar-refractivity contribution in [1.29, 1.82) is 0 Å². The highest BCUT2D eigenvalue weighted by Crippen LogP contribution is 2.28. The van der Waals surface area contributed by atoms with E-state index in [9.17, 15) is 0 Å². The fourth-order valence-electron chi connectivity index (χ4n) is 3.21. The minimum Gasteiger partial charge on any atom is -0.303 e. The van der Waals surface area contributed by atoms with Gasteiger partial charge in [0.1, 0.15) is 0 Å². The second-order valence-electron chi connectivity index (χ2n) is 5.71. The van der Waals surface area contributed by atoms with Crippen molar-refractivity contribution in [3.63, 3.8) is 0 Å². The minimum absolute atomic E-state index is 0.526. The van der Waals surface area contributed by atoms with Gasteiger partial charge in [-0.2, -0.15) is 0 Å². The number of rotatable bonds is 5. The lowest BCUT2D eigenvalue weighted by Crippen LogP contribution is -2.22. The highest BCUT2D eigenvalue weighted by Gasteiger charge is 2.17. The van der Waals surface area contributed by atoms with Crippen LogP contribution in [-0.2, 0) is 0 Å². The van der Waals surface area contributed by atoms with Crippen molar-refractivity contribution in [3.05, 3.63) is 71.8 Å². The van der Waals surface area contributed by atoms with Crippen LogP contribution in [0.5, 0.6) is 0 Å². The Morgan fingerprint density at radius 2 is 1.25 bits per heavy atom. The van der Waals surface area contributed by atoms with Crippen molar-refractivity contribution in [2.24, 2.45) is 0 Å². The number of likely N-dealkylation sites (tertiary alicyclic amines) is 1. The van der Waals surface area contributed by atoms with E-state index in [2.05, 4.69) is 65.6 Å². The summed E-state index contributed by atoms with van der Waals surface area (Å²) in [6.45, 7) is 3.79. The average molecular weight is 265 g/mol. The molecule has 2 aromatic carbocycles. The highest BCUT2D eigenvalue weighted by molar-refractivity contribution is 5.32. The Kier molecular flexibility index (Phi) is 4.49. The van der Waals surface area contributed by atoms with Gasteiger partial charge in [-0.3, -0.25) is 0 Å². The zero-order valence-corrected chi connectivity index (χ0v) is 12.0. The van der Waals surface area contributed by atoms with Gasteiger partial charge in [0.25, 0.3) is 0 Å². The molecule has 3 rings (SSSR count). The predicted molar refractivity (Wildman–Crippen MR) is 85.0 cm³/mol. The SMILES string of the molecule is c1ccc(C(CCN2CCCC2)c2ccccc2)cc1. The maximum Gasteiger partial charge on any atom is 0.0101 e. The molecule has 1 nitrogen and oxygen atoms in total. The first-order chi connectivity index (χ1) is 9.93. The van der Waals surface area contributed by atoms with Gasteiger partial charge in [0.2, 0.25) is 0 Å². The summed E-state index contributed by atoms with van der Waals surface area (Å²) in [6.07, 6.45) is 3.97. The van der Waals surface area contributed by atoms with Crippen LogP contribution in [0, 0.1) is 0 Å². The molecule has 20 heavy (non-hydrogen) atoms. The van der Waals surface area contributed by atoms with Crippen LogP contribution in [-0.4, -0.2) is 24.5 Å². The van der Waals surface area contributed by atoms with Crippen molar-refractivity contribution in [3.8, 4) is 0 Å². The molecule has 2 aromatic rings. The molecule has 0 aromatic heterocycles. The van der Waals surface area contributed by atoms with E-state index in [4.69, 9.17) is 0 Å². The maximum absolute atomic E-state index is 2.61. The molecule has 1 heteroatoms. The van der Waals surface area contributed by atoms with Crippen molar-refractivity contribution in [2.75, 3.05) is 19.6 Å². The quantitative estimate of drug-likeness (QED) is 0.779. The summed E-state index contributed by atoms with van der Waals surface area (Å²) in [7, 11) is 0. The normalized spacial score (nSPS) is 15.8. The molecule has 1 aliphatic rings. The Morgan fingerprint density at radius 1 is 0.750 bits per heavy atom. The van der Waals surface area contributed by atoms with Crippen molar-refractivity contribution >= 4 is 0 Å². The largest absolute Gasteiger partial charge is 0.303 e. The molecular weight excluding hydrogens is 242 g/mol. The molecule has 1 fully saturated rings. The van der Waals surface area contributed by atoms with Crippen LogP contribution in [0.25, 0.3) is 0 Å². The van der Waals surface area contributed by atoms with Gasteiger partial charge in [0.15, 0.2) is 0 Å². The molecule has 0 spiro atoms. The average Bonchev–Trinajstić information content (AvgIpc) is 3.03. The highest BCUT2D eigenvalue weighted by atomic mass is 15.1. The number of benzene rings is 2. The van der Waals surface area contributed by atoms with E-state index in [1.165, 1.54) is 50.0 Å². The fraction of sp³-hybridized carbons (Fsp3) is 0.368. The maximum atomic E-state index is 2.61. The molecule has 1 heterocycles. The van der Waals surface area contributed by atoms with Gasteiger partial charge in [-0.1, -0.05) is 60.7 Å². The van der Waals surface area contributed by atoms with Crippen LogP contribution in [0.2, 0.25) is 0 Å². The Morgan fingerprint density at radius 3 is 1.75 bits per heavy atom. The van der Waals surface area contributed by atoms with Crippen LogP contribution >= 0.6 is 0 Å². The molecule has 0 bridgehead atoms. The second-order valence-corrected chi connectivity index (χ2v) is 5.71. The van der Waals surface area contributed by atoms with E-state index in [1.54, 1.807) is 0 Å². The van der Waals surface area contributed by atoms with Crippen LogP contribution in [0.1, 0.15) is 36.3 Å². The van der Waals surface area contributed by atoms with Gasteiger partial charge in [-0.05, 0) is 50.0 Å². The number of nitrogens with zero attached hydrogens (tertiary/aromatic N) is 1. The zero-order valence-electron chi connectivity index (χ0n) is 12.0. The van der Waals surface area contributed by atoms with Crippen molar-refractivity contribution in [1.82, 2.24) is 4.90 Å². The molecule has 0 aliphatic carbocycles. The first-order valence-corrected chi connectivity index (χ1v) is 7.76. The second kappa shape index (κ2) is 6.71. The number of hydrogen-bond acceptors (Lipinski definition) is 1. The van der Waals surface area contributed by atoms with Crippen LogP contribution in [0.15, 0.2) is 60.7 Å². The summed E-state index contributed by atoms with van der Waals surface area (Å²) in [6, 6.07) is 21.9. The lowest BCUT2D eigenvalue weighted by Gasteiger charge is -2.22. The van der Waals surface area contributed by atoms with Gasteiger partial charge in [-0.25, -0.2) is 0 Å². The summed E-state index contributed by atoms with van der Waals surface area (Å²) in [5.41, 5.74) is 2.88. The molecule has 0 radical (unpaired) electrons. The Labute approximate surface area is 122 Å². The van der Waals surface area contributed by atoms with E-state index in [0.717, 1.165) is 0 Å². The van der Waals surface area contributed by atoms with Crippen molar-refractivity contribution in [2.45, 2.75) is 25.2 Å². The summed E-state index contributed by atoms with van der Waals surface area (Å²) < 4.78 is 0. The minimum atomic E-state index is 0.526. The van der Waals surface area contributed by atoms with E-state index < -0.39 is 0 Å². The lowest BCUT2D eigenvalue weighted by atomic mass is 9.88. The van der Waals surface area contributed by atoms with Gasteiger partial charge in [-0.15, -0.1) is 0 Å². The van der Waals surface area contributed by atoms with E-state index >= 15 is 0 Å². The van der Waals surface area contributed by atoms with Crippen molar-refractivity contribution < 1.29 is 0 Å². The first-order valence-electron chi connectivity index (χ1n) is 7.76. The summed E-state index contributed by atoms with van der Waals surface area (Å²) in [5, 5.41) is 0. The van der Waals surface area contributed by atoms with Gasteiger partial charge >= 0.3 is 0 Å². The Bertz CT molecular complexity index is 460. The number of hydrogen-bond donors (Lipinski definition) is 0.